The zero-order chi connectivity index (χ0) is 66.6. The van der Waals surface area contributed by atoms with E-state index in [1.54, 1.807) is 0 Å². The lowest BCUT2D eigenvalue weighted by atomic mass is 9.97. The number of hydrogen-bond donors (Lipinski definition) is 9. The first-order valence-electron chi connectivity index (χ1n) is 36.8. The van der Waals surface area contributed by atoms with E-state index in [4.69, 9.17) is 18.9 Å². The van der Waals surface area contributed by atoms with Crippen molar-refractivity contribution >= 4 is 5.91 Å². The maximum atomic E-state index is 13.4. The zero-order valence-corrected chi connectivity index (χ0v) is 57.5. The SMILES string of the molecule is CC/C=C\C/C=C\C/C=C\C/C=C\C/C=C\C/C=C\C/C=C\C/C=C\C/C=C\C/C=C\CCCCCCCCC(=O)NC(COC1OC(CO)C(OC2OC(CO)C(O)C(O)C2O)C(O)C1O)C(O)CCCCCCCCCCCCCCCCCCCCCCC. The Morgan fingerprint density at radius 3 is 1.15 bits per heavy atom. The van der Waals surface area contributed by atoms with Gasteiger partial charge in [0.05, 0.1) is 32.0 Å². The number of carbonyl (C=O) groups is 1. The van der Waals surface area contributed by atoms with Crippen LogP contribution in [0.25, 0.3) is 0 Å². The van der Waals surface area contributed by atoms with Crippen molar-refractivity contribution in [2.24, 2.45) is 0 Å². The summed E-state index contributed by atoms with van der Waals surface area (Å²) in [6.45, 7) is 2.75. The van der Waals surface area contributed by atoms with Gasteiger partial charge < -0.3 is 65.1 Å². The van der Waals surface area contributed by atoms with E-state index in [1.165, 1.54) is 109 Å². The van der Waals surface area contributed by atoms with E-state index < -0.39 is 86.8 Å². The van der Waals surface area contributed by atoms with E-state index in [1.807, 2.05) is 0 Å². The molecular formula is C78H133NO13. The Bertz CT molecular complexity index is 2010. The van der Waals surface area contributed by atoms with E-state index in [0.717, 1.165) is 128 Å². The Kier molecular flexibility index (Phi) is 56.0. The lowest BCUT2D eigenvalue weighted by Crippen LogP contribution is -2.65. The molecule has 0 aromatic rings. The maximum absolute atomic E-state index is 13.4. The average Bonchev–Trinajstić information content (AvgIpc) is 0.915. The fourth-order valence-electron chi connectivity index (χ4n) is 11.4. The van der Waals surface area contributed by atoms with Crippen LogP contribution >= 0.6 is 0 Å². The summed E-state index contributed by atoms with van der Waals surface area (Å²) in [6, 6.07) is -0.847. The molecule has 0 spiro atoms. The molecule has 0 saturated carbocycles. The molecule has 0 aliphatic carbocycles. The number of amides is 1. The molecule has 14 nitrogen and oxygen atoms in total. The molecule has 0 bridgehead atoms. The van der Waals surface area contributed by atoms with E-state index >= 15 is 0 Å². The number of carbonyl (C=O) groups excluding carboxylic acids is 1. The van der Waals surface area contributed by atoms with Crippen molar-refractivity contribution in [2.45, 2.75) is 344 Å². The third kappa shape index (κ3) is 44.2. The van der Waals surface area contributed by atoms with Crippen molar-refractivity contribution in [3.63, 3.8) is 0 Å². The summed E-state index contributed by atoms with van der Waals surface area (Å²) in [5, 5.41) is 87.7. The molecular weight excluding hydrogens is 1160 g/mol. The highest BCUT2D eigenvalue weighted by molar-refractivity contribution is 5.76. The fraction of sp³-hybridized carbons (Fsp3) is 0.731. The quantitative estimate of drug-likeness (QED) is 0.0204. The molecule has 14 heteroatoms. The van der Waals surface area contributed by atoms with Crippen molar-refractivity contribution in [3.05, 3.63) is 122 Å². The van der Waals surface area contributed by atoms with Gasteiger partial charge >= 0.3 is 0 Å². The highest BCUT2D eigenvalue weighted by atomic mass is 16.7. The molecule has 2 fully saturated rings. The van der Waals surface area contributed by atoms with Crippen LogP contribution in [0.1, 0.15) is 271 Å². The molecule has 9 N–H and O–H groups in total. The summed E-state index contributed by atoms with van der Waals surface area (Å²) in [4.78, 5) is 13.4. The van der Waals surface area contributed by atoms with Gasteiger partial charge in [-0.2, -0.15) is 0 Å². The standard InChI is InChI=1S/C78H133NO13/c1-3-5-7-9-11-13-15-17-19-21-23-25-26-27-28-29-30-31-32-33-34-35-36-37-38-39-40-42-44-46-48-50-52-54-56-58-60-62-70(83)79-66(67(82)61-59-57-55-53-51-49-47-45-43-41-24-22-20-18-16-14-12-10-8-6-4-2)65-89-77-75(88)73(86)76(69(64-81)91-77)92-78-74(87)72(85)71(84)68(63-80)90-78/h5,7,11,13,17,19,23,25,27-28,30-31,33-34,36-37,39-40,44,46,66-69,71-78,80-82,84-88H,3-4,6,8-10,12,14-16,18,20-22,24,26,29,32,35,38,41-43,45,47-65H2,1-2H3,(H,79,83)/b7-5-,13-11-,19-17-,25-23-,28-27-,31-30-,34-33-,37-36-,40-39-,46-44-. The minimum absolute atomic E-state index is 0.224. The second-order valence-corrected chi connectivity index (χ2v) is 25.3. The van der Waals surface area contributed by atoms with Gasteiger partial charge in [-0.3, -0.25) is 4.79 Å². The number of unbranched alkanes of at least 4 members (excludes halogenated alkanes) is 26. The van der Waals surface area contributed by atoms with Gasteiger partial charge in [0.15, 0.2) is 12.6 Å². The van der Waals surface area contributed by atoms with Crippen molar-refractivity contribution in [1.82, 2.24) is 5.32 Å². The van der Waals surface area contributed by atoms with E-state index in [2.05, 4.69) is 141 Å². The fourth-order valence-corrected chi connectivity index (χ4v) is 11.4. The van der Waals surface area contributed by atoms with E-state index in [0.29, 0.717) is 12.8 Å². The summed E-state index contributed by atoms with van der Waals surface area (Å²) in [6.07, 6.45) is 72.0. The highest BCUT2D eigenvalue weighted by Crippen LogP contribution is 2.30. The first-order valence-corrected chi connectivity index (χ1v) is 36.8. The van der Waals surface area contributed by atoms with Crippen LogP contribution < -0.4 is 5.32 Å². The third-order valence-corrected chi connectivity index (χ3v) is 17.2. The van der Waals surface area contributed by atoms with Gasteiger partial charge in [0, 0.05) is 6.42 Å². The monoisotopic (exact) mass is 1290 g/mol. The Balaban J connectivity index is 1.66. The van der Waals surface area contributed by atoms with Crippen molar-refractivity contribution in [3.8, 4) is 0 Å². The summed E-state index contributed by atoms with van der Waals surface area (Å²) in [7, 11) is 0. The molecule has 0 radical (unpaired) electrons. The number of rotatable bonds is 59. The molecule has 12 atom stereocenters. The molecule has 0 aromatic carbocycles. The van der Waals surface area contributed by atoms with Gasteiger partial charge in [0.1, 0.15) is 48.8 Å². The Labute approximate surface area is 558 Å². The highest BCUT2D eigenvalue weighted by Gasteiger charge is 2.51. The van der Waals surface area contributed by atoms with Gasteiger partial charge in [-0.1, -0.05) is 296 Å². The van der Waals surface area contributed by atoms with Crippen molar-refractivity contribution in [1.29, 1.82) is 0 Å². The summed E-state index contributed by atoms with van der Waals surface area (Å²) >= 11 is 0. The van der Waals surface area contributed by atoms with Crippen LogP contribution in [0.5, 0.6) is 0 Å². The number of aliphatic hydroxyl groups excluding tert-OH is 8. The van der Waals surface area contributed by atoms with Crippen LogP contribution in [0.3, 0.4) is 0 Å². The minimum Gasteiger partial charge on any atom is -0.394 e. The van der Waals surface area contributed by atoms with Crippen molar-refractivity contribution < 1.29 is 64.6 Å². The second kappa shape index (κ2) is 61.0. The molecule has 2 heterocycles. The number of ether oxygens (including phenoxy) is 4. The third-order valence-electron chi connectivity index (χ3n) is 17.2. The Morgan fingerprint density at radius 1 is 0.402 bits per heavy atom. The van der Waals surface area contributed by atoms with Gasteiger partial charge in [0.25, 0.3) is 0 Å². The predicted molar refractivity (Wildman–Crippen MR) is 378 cm³/mol. The molecule has 12 unspecified atom stereocenters. The summed E-state index contributed by atoms with van der Waals surface area (Å²) in [5.74, 6) is -0.224. The first kappa shape index (κ1) is 84.5. The van der Waals surface area contributed by atoms with E-state index in [-0.39, 0.29) is 18.9 Å². The van der Waals surface area contributed by atoms with Gasteiger partial charge in [-0.15, -0.1) is 0 Å². The second-order valence-electron chi connectivity index (χ2n) is 25.3. The predicted octanol–water partition coefficient (Wildman–Crippen LogP) is 15.7. The Morgan fingerprint density at radius 2 is 0.750 bits per heavy atom. The van der Waals surface area contributed by atoms with Gasteiger partial charge in [0.2, 0.25) is 5.91 Å². The first-order chi connectivity index (χ1) is 45.1. The molecule has 2 rings (SSSR count). The molecule has 0 aromatic heterocycles. The van der Waals surface area contributed by atoms with E-state index in [9.17, 15) is 45.6 Å². The molecule has 2 aliphatic heterocycles. The normalized spacial score (nSPS) is 23.4. The van der Waals surface area contributed by atoms with Crippen LogP contribution in [-0.4, -0.2) is 140 Å². The average molecular weight is 1290 g/mol. The summed E-state index contributed by atoms with van der Waals surface area (Å²) < 4.78 is 22.9. The van der Waals surface area contributed by atoms with Crippen LogP contribution in [0.4, 0.5) is 0 Å². The lowest BCUT2D eigenvalue weighted by Gasteiger charge is -2.46. The minimum atomic E-state index is -1.79. The maximum Gasteiger partial charge on any atom is 0.220 e. The number of nitrogens with one attached hydrogen (secondary N) is 1. The summed E-state index contributed by atoms with van der Waals surface area (Å²) in [5.41, 5.74) is 0. The smallest absolute Gasteiger partial charge is 0.220 e. The molecule has 1 amide bonds. The van der Waals surface area contributed by atoms with Crippen molar-refractivity contribution in [2.75, 3.05) is 19.8 Å². The van der Waals surface area contributed by atoms with Crippen LogP contribution in [0, 0.1) is 0 Å². The molecule has 2 saturated heterocycles. The van der Waals surface area contributed by atoms with Crippen LogP contribution in [0.2, 0.25) is 0 Å². The lowest BCUT2D eigenvalue weighted by molar-refractivity contribution is -0.359. The topological polar surface area (TPSA) is 228 Å². The number of allylic oxidation sites excluding steroid dienone is 20. The van der Waals surface area contributed by atoms with Gasteiger partial charge in [-0.25, -0.2) is 0 Å². The van der Waals surface area contributed by atoms with Crippen LogP contribution in [-0.2, 0) is 23.7 Å². The zero-order valence-electron chi connectivity index (χ0n) is 57.5. The molecule has 2 aliphatic rings. The molecule has 528 valence electrons. The largest absolute Gasteiger partial charge is 0.394 e. The van der Waals surface area contributed by atoms with Crippen LogP contribution in [0.15, 0.2) is 122 Å². The number of aliphatic hydroxyl groups is 8. The molecule has 92 heavy (non-hydrogen) atoms. The number of hydrogen-bond acceptors (Lipinski definition) is 13. The Hall–Kier alpha value is -3.61. The van der Waals surface area contributed by atoms with Gasteiger partial charge in [-0.05, 0) is 89.9 Å².